The van der Waals surface area contributed by atoms with Crippen molar-refractivity contribution in [3.05, 3.63) is 46.3 Å². The number of methoxy groups -OCH3 is 1. The Morgan fingerprint density at radius 2 is 1.82 bits per heavy atom. The minimum Gasteiger partial charge on any atom is -0.465 e. The number of ketones is 1. The van der Waals surface area contributed by atoms with Gasteiger partial charge in [0.15, 0.2) is 15.6 Å². The zero-order valence-corrected chi connectivity index (χ0v) is 17.1. The van der Waals surface area contributed by atoms with Gasteiger partial charge in [-0.15, -0.1) is 0 Å². The minimum absolute atomic E-state index is 0.0817. The second-order valence-corrected chi connectivity index (χ2v) is 8.52. The predicted octanol–water partition coefficient (Wildman–Crippen LogP) is 2.21. The maximum atomic E-state index is 12.5. The molecule has 0 unspecified atom stereocenters. The van der Waals surface area contributed by atoms with E-state index in [2.05, 4.69) is 10.3 Å². The van der Waals surface area contributed by atoms with Crippen molar-refractivity contribution in [1.29, 1.82) is 0 Å². The van der Waals surface area contributed by atoms with Crippen LogP contribution in [0.3, 0.4) is 0 Å². The van der Waals surface area contributed by atoms with Crippen LogP contribution < -0.4 is 5.32 Å². The van der Waals surface area contributed by atoms with E-state index in [-0.39, 0.29) is 34.1 Å². The molecule has 0 fully saturated rings. The van der Waals surface area contributed by atoms with Crippen LogP contribution in [0.25, 0.3) is 0 Å². The van der Waals surface area contributed by atoms with Crippen LogP contribution in [-0.4, -0.2) is 44.4 Å². The number of anilines is 1. The maximum Gasteiger partial charge on any atom is 0.339 e. The van der Waals surface area contributed by atoms with Crippen molar-refractivity contribution in [1.82, 2.24) is 4.98 Å². The van der Waals surface area contributed by atoms with Gasteiger partial charge in [-0.1, -0.05) is 6.07 Å². The Morgan fingerprint density at radius 3 is 2.36 bits per heavy atom. The Balaban J connectivity index is 2.35. The lowest BCUT2D eigenvalue weighted by atomic mass is 10.1. The van der Waals surface area contributed by atoms with Gasteiger partial charge < -0.3 is 15.0 Å². The summed E-state index contributed by atoms with van der Waals surface area (Å²) in [6.45, 7) is 4.68. The first-order chi connectivity index (χ1) is 13.0. The van der Waals surface area contributed by atoms with Gasteiger partial charge in [0, 0.05) is 24.6 Å². The first-order valence-corrected chi connectivity index (χ1v) is 10.3. The van der Waals surface area contributed by atoms with Crippen molar-refractivity contribution < 1.29 is 27.5 Å². The van der Waals surface area contributed by atoms with Gasteiger partial charge in [0.2, 0.25) is 5.91 Å². The molecule has 0 atom stereocenters. The van der Waals surface area contributed by atoms with E-state index in [0.717, 1.165) is 6.26 Å². The number of hydrogen-bond acceptors (Lipinski definition) is 6. The van der Waals surface area contributed by atoms with Gasteiger partial charge in [-0.2, -0.15) is 0 Å². The molecule has 0 saturated heterocycles. The van der Waals surface area contributed by atoms with E-state index in [4.69, 9.17) is 4.74 Å². The Morgan fingerprint density at radius 1 is 1.18 bits per heavy atom. The Bertz CT molecular complexity index is 1070. The van der Waals surface area contributed by atoms with Gasteiger partial charge in [-0.25, -0.2) is 13.2 Å². The van der Waals surface area contributed by atoms with Crippen LogP contribution in [0.5, 0.6) is 0 Å². The van der Waals surface area contributed by atoms with Gasteiger partial charge in [0.1, 0.15) is 0 Å². The van der Waals surface area contributed by atoms with Crippen LogP contribution in [0.15, 0.2) is 23.1 Å². The van der Waals surface area contributed by atoms with E-state index in [1.807, 2.05) is 0 Å². The molecule has 2 N–H and O–H groups in total. The third kappa shape index (κ3) is 4.48. The normalized spacial score (nSPS) is 11.2. The number of sulfone groups is 1. The average molecular weight is 406 g/mol. The van der Waals surface area contributed by atoms with Crippen LogP contribution in [0.2, 0.25) is 0 Å². The molecule has 9 heteroatoms. The zero-order valence-electron chi connectivity index (χ0n) is 16.3. The third-order valence-electron chi connectivity index (χ3n) is 4.32. The molecule has 0 aliphatic carbocycles. The summed E-state index contributed by atoms with van der Waals surface area (Å²) in [6, 6.07) is 4.44. The van der Waals surface area contributed by atoms with Crippen molar-refractivity contribution in [3.63, 3.8) is 0 Å². The first kappa shape index (κ1) is 21.4. The van der Waals surface area contributed by atoms with Crippen LogP contribution in [0.4, 0.5) is 5.69 Å². The molecular formula is C19H22N2O6S. The molecule has 0 spiro atoms. The summed E-state index contributed by atoms with van der Waals surface area (Å²) in [6.07, 6.45) is 0.859. The molecule has 0 aliphatic heterocycles. The van der Waals surface area contributed by atoms with Crippen LogP contribution in [0.1, 0.15) is 44.6 Å². The number of aromatic amines is 1. The van der Waals surface area contributed by atoms with Gasteiger partial charge in [-0.05, 0) is 37.1 Å². The number of ether oxygens (including phenoxy) is 1. The molecule has 8 nitrogen and oxygen atoms in total. The van der Waals surface area contributed by atoms with Crippen molar-refractivity contribution in [2.75, 3.05) is 18.7 Å². The van der Waals surface area contributed by atoms with E-state index in [9.17, 15) is 22.8 Å². The number of hydrogen-bond donors (Lipinski definition) is 2. The van der Waals surface area contributed by atoms with E-state index >= 15 is 0 Å². The zero-order chi connectivity index (χ0) is 21.2. The van der Waals surface area contributed by atoms with Crippen molar-refractivity contribution in [2.45, 2.75) is 32.1 Å². The molecule has 1 aromatic carbocycles. The molecule has 1 amide bonds. The van der Waals surface area contributed by atoms with Gasteiger partial charge >= 0.3 is 5.97 Å². The Labute approximate surface area is 163 Å². The van der Waals surface area contributed by atoms with Crippen LogP contribution >= 0.6 is 0 Å². The molecule has 0 bridgehead atoms. The summed E-state index contributed by atoms with van der Waals surface area (Å²) in [4.78, 5) is 39.3. The number of aryl methyl sites for hydroxylation is 1. The summed E-state index contributed by atoms with van der Waals surface area (Å²) < 4.78 is 28.2. The number of carbonyl (C=O) groups excluding carboxylic acids is 3. The second kappa shape index (κ2) is 7.97. The molecule has 2 aromatic rings. The van der Waals surface area contributed by atoms with E-state index in [1.165, 1.54) is 26.2 Å². The van der Waals surface area contributed by atoms with Crippen molar-refractivity contribution >= 4 is 33.2 Å². The lowest BCUT2D eigenvalue weighted by molar-refractivity contribution is -0.115. The van der Waals surface area contributed by atoms with Crippen molar-refractivity contribution in [3.8, 4) is 0 Å². The first-order valence-electron chi connectivity index (χ1n) is 8.37. The topological polar surface area (TPSA) is 122 Å². The van der Waals surface area contributed by atoms with E-state index < -0.39 is 21.7 Å². The predicted molar refractivity (Wildman–Crippen MR) is 103 cm³/mol. The molecule has 1 aromatic heterocycles. The number of carbonyl (C=O) groups is 3. The standard InChI is InChI=1S/C19H22N2O6S/c1-10-6-7-13(28(5,25)26)8-14(10)20-16(23)9-15-17(19(24)27-4)11(2)18(21-15)12(3)22/h6-8,21H,9H2,1-5H3,(H,20,23). The summed E-state index contributed by atoms with van der Waals surface area (Å²) in [7, 11) is -2.21. The smallest absolute Gasteiger partial charge is 0.339 e. The highest BCUT2D eigenvalue weighted by molar-refractivity contribution is 7.90. The van der Waals surface area contributed by atoms with Gasteiger partial charge in [0.05, 0.1) is 29.7 Å². The lowest BCUT2D eigenvalue weighted by Crippen LogP contribution is -2.18. The fourth-order valence-electron chi connectivity index (χ4n) is 2.84. The number of nitrogens with one attached hydrogen (secondary N) is 2. The number of amides is 1. The Hall–Kier alpha value is -2.94. The van der Waals surface area contributed by atoms with Gasteiger partial charge in [-0.3, -0.25) is 9.59 Å². The summed E-state index contributed by atoms with van der Waals surface area (Å²) in [5.41, 5.74) is 2.08. The Kier molecular flexibility index (Phi) is 6.08. The average Bonchev–Trinajstić information content (AvgIpc) is 2.91. The number of rotatable bonds is 6. The summed E-state index contributed by atoms with van der Waals surface area (Å²) >= 11 is 0. The molecule has 0 aliphatic rings. The lowest BCUT2D eigenvalue weighted by Gasteiger charge is -2.10. The molecule has 0 saturated carbocycles. The highest BCUT2D eigenvalue weighted by atomic mass is 32.2. The fraction of sp³-hybridized carbons (Fsp3) is 0.316. The monoisotopic (exact) mass is 406 g/mol. The number of Topliss-reactive ketones (excluding diaryl/α,β-unsaturated/α-hetero) is 1. The number of esters is 1. The maximum absolute atomic E-state index is 12.5. The fourth-order valence-corrected chi connectivity index (χ4v) is 3.49. The van der Waals surface area contributed by atoms with Crippen LogP contribution in [0, 0.1) is 13.8 Å². The quantitative estimate of drug-likeness (QED) is 0.560. The largest absolute Gasteiger partial charge is 0.465 e. The summed E-state index contributed by atoms with van der Waals surface area (Å²) in [5.74, 6) is -1.40. The number of benzene rings is 1. The van der Waals surface area contributed by atoms with E-state index in [0.29, 0.717) is 16.8 Å². The van der Waals surface area contributed by atoms with Crippen molar-refractivity contribution in [2.24, 2.45) is 0 Å². The van der Waals surface area contributed by atoms with E-state index in [1.54, 1.807) is 19.9 Å². The van der Waals surface area contributed by atoms with Gasteiger partial charge in [0.25, 0.3) is 0 Å². The molecule has 2 rings (SSSR count). The van der Waals surface area contributed by atoms with Crippen LogP contribution in [-0.2, 0) is 25.8 Å². The molecule has 1 heterocycles. The molecule has 0 radical (unpaired) electrons. The number of aromatic nitrogens is 1. The molecule has 28 heavy (non-hydrogen) atoms. The molecule has 150 valence electrons. The highest BCUT2D eigenvalue weighted by Crippen LogP contribution is 2.23. The minimum atomic E-state index is -3.43. The summed E-state index contributed by atoms with van der Waals surface area (Å²) in [5, 5.41) is 2.65. The molecular weight excluding hydrogens is 384 g/mol. The highest BCUT2D eigenvalue weighted by Gasteiger charge is 2.24. The third-order valence-corrected chi connectivity index (χ3v) is 5.43. The number of H-pyrrole nitrogens is 1. The SMILES string of the molecule is COC(=O)c1c(CC(=O)Nc2cc(S(C)(=O)=O)ccc2C)[nH]c(C(C)=O)c1C. The second-order valence-electron chi connectivity index (χ2n) is 6.50.